The second-order valence-electron chi connectivity index (χ2n) is 3.40. The van der Waals surface area contributed by atoms with E-state index in [-0.39, 0.29) is 4.68 Å². The first-order valence-corrected chi connectivity index (χ1v) is 4.64. The molecule has 0 saturated carbocycles. The first kappa shape index (κ1) is 13.0. The molecule has 19 heavy (non-hydrogen) atoms. The third-order valence-electron chi connectivity index (χ3n) is 2.25. The highest BCUT2D eigenvalue weighted by Crippen LogP contribution is 2.25. The average molecular weight is 278 g/mol. The Hall–Kier alpha value is -2.45. The number of benzene rings is 1. The van der Waals surface area contributed by atoms with E-state index >= 15 is 0 Å². The van der Waals surface area contributed by atoms with Crippen LogP contribution < -0.4 is 0 Å². The molecule has 0 spiro atoms. The lowest BCUT2D eigenvalue weighted by atomic mass is 10.2. The van der Waals surface area contributed by atoms with Crippen LogP contribution in [0.5, 0.6) is 0 Å². The third kappa shape index (κ3) is 1.92. The second-order valence-corrected chi connectivity index (χ2v) is 3.40. The molecule has 0 radical (unpaired) electrons. The molecule has 1 heterocycles. The summed E-state index contributed by atoms with van der Waals surface area (Å²) in [5.74, 6) is -12.2. The van der Waals surface area contributed by atoms with Crippen LogP contribution in [0, 0.1) is 29.1 Å². The molecule has 0 fully saturated rings. The molecule has 9 heteroatoms. The van der Waals surface area contributed by atoms with Crippen LogP contribution >= 0.6 is 0 Å². The predicted octanol–water partition coefficient (Wildman–Crippen LogP) is 2.27. The van der Waals surface area contributed by atoms with Crippen molar-refractivity contribution in [2.24, 2.45) is 0 Å². The Morgan fingerprint density at radius 1 is 1.00 bits per heavy atom. The Balaban J connectivity index is 2.71. The number of aromatic carboxylic acids is 1. The van der Waals surface area contributed by atoms with E-state index < -0.39 is 46.3 Å². The molecule has 0 saturated heterocycles. The van der Waals surface area contributed by atoms with Gasteiger partial charge in [-0.15, -0.1) is 0 Å². The van der Waals surface area contributed by atoms with Gasteiger partial charge in [0.1, 0.15) is 5.69 Å². The fraction of sp³-hybridized carbons (Fsp3) is 0. The minimum atomic E-state index is -2.30. The van der Waals surface area contributed by atoms with Crippen LogP contribution in [0.25, 0.3) is 5.69 Å². The van der Waals surface area contributed by atoms with Gasteiger partial charge in [-0.05, 0) is 0 Å². The van der Waals surface area contributed by atoms with Gasteiger partial charge in [0, 0.05) is 6.20 Å². The number of carboxylic acid groups (broad SMARTS) is 1. The van der Waals surface area contributed by atoms with Crippen LogP contribution in [0.1, 0.15) is 10.4 Å². The maximum absolute atomic E-state index is 13.4. The Bertz CT molecular complexity index is 654. The summed E-state index contributed by atoms with van der Waals surface area (Å²) in [4.78, 5) is 10.6. The van der Waals surface area contributed by atoms with Crippen LogP contribution in [0.2, 0.25) is 0 Å². The van der Waals surface area contributed by atoms with Crippen LogP contribution in [-0.4, -0.2) is 20.9 Å². The van der Waals surface area contributed by atoms with Crippen LogP contribution in [0.4, 0.5) is 22.0 Å². The van der Waals surface area contributed by atoms with E-state index in [0.717, 1.165) is 0 Å². The maximum atomic E-state index is 13.4. The summed E-state index contributed by atoms with van der Waals surface area (Å²) >= 11 is 0. The largest absolute Gasteiger partial charge is 0.478 e. The number of carboxylic acids is 1. The molecule has 0 amide bonds. The highest BCUT2D eigenvalue weighted by Gasteiger charge is 2.27. The zero-order chi connectivity index (χ0) is 14.3. The molecule has 1 aromatic heterocycles. The quantitative estimate of drug-likeness (QED) is 0.521. The number of nitrogens with zero attached hydrogens (tertiary/aromatic N) is 2. The fourth-order valence-electron chi connectivity index (χ4n) is 1.35. The number of aromatic nitrogens is 2. The number of carbonyl (C=O) groups is 1. The van der Waals surface area contributed by atoms with Crippen molar-refractivity contribution in [3.63, 3.8) is 0 Å². The molecule has 100 valence electrons. The third-order valence-corrected chi connectivity index (χ3v) is 2.25. The first-order chi connectivity index (χ1) is 8.84. The predicted molar refractivity (Wildman–Crippen MR) is 50.3 cm³/mol. The van der Waals surface area contributed by atoms with Crippen molar-refractivity contribution in [2.45, 2.75) is 0 Å². The van der Waals surface area contributed by atoms with Crippen molar-refractivity contribution in [3.05, 3.63) is 47.0 Å². The first-order valence-electron chi connectivity index (χ1n) is 4.64. The lowest BCUT2D eigenvalue weighted by Crippen LogP contribution is -2.10. The Labute approximate surface area is 101 Å². The van der Waals surface area contributed by atoms with Gasteiger partial charge in [-0.25, -0.2) is 31.4 Å². The Morgan fingerprint density at radius 3 is 1.89 bits per heavy atom. The molecular weight excluding hydrogens is 275 g/mol. The molecule has 0 aliphatic rings. The van der Waals surface area contributed by atoms with Crippen LogP contribution in [-0.2, 0) is 0 Å². The van der Waals surface area contributed by atoms with Gasteiger partial charge in [0.05, 0.1) is 11.8 Å². The smallest absolute Gasteiger partial charge is 0.338 e. The van der Waals surface area contributed by atoms with Gasteiger partial charge in [-0.2, -0.15) is 5.10 Å². The van der Waals surface area contributed by atoms with Crippen LogP contribution in [0.3, 0.4) is 0 Å². The zero-order valence-corrected chi connectivity index (χ0v) is 8.79. The summed E-state index contributed by atoms with van der Waals surface area (Å²) in [6, 6.07) is 0. The SMILES string of the molecule is O=C(O)c1cnn(-c2c(F)c(F)c(F)c(F)c2F)c1. The zero-order valence-electron chi connectivity index (χ0n) is 8.79. The number of hydrogen-bond donors (Lipinski definition) is 1. The number of hydrogen-bond acceptors (Lipinski definition) is 2. The lowest BCUT2D eigenvalue weighted by molar-refractivity contribution is 0.0697. The standard InChI is InChI=1S/C10H3F5N2O2/c11-4-5(12)7(14)9(8(15)6(4)13)17-2-3(1-16-17)10(18)19/h1-2H,(H,18,19). The van der Waals surface area contributed by atoms with Crippen molar-refractivity contribution < 1.29 is 31.9 Å². The fourth-order valence-corrected chi connectivity index (χ4v) is 1.35. The molecule has 0 aliphatic heterocycles. The second kappa shape index (κ2) is 4.34. The van der Waals surface area contributed by atoms with Crippen LogP contribution in [0.15, 0.2) is 12.4 Å². The van der Waals surface area contributed by atoms with Gasteiger partial charge in [0.15, 0.2) is 23.3 Å². The van der Waals surface area contributed by atoms with E-state index in [1.54, 1.807) is 0 Å². The van der Waals surface area contributed by atoms with E-state index in [1.807, 2.05) is 0 Å². The summed E-state index contributed by atoms with van der Waals surface area (Å²) in [7, 11) is 0. The topological polar surface area (TPSA) is 55.1 Å². The highest BCUT2D eigenvalue weighted by atomic mass is 19.2. The summed E-state index contributed by atoms with van der Waals surface area (Å²) in [5, 5.41) is 11.8. The Kier molecular flexibility index (Phi) is 2.97. The molecule has 2 aromatic rings. The van der Waals surface area contributed by atoms with Crippen molar-refractivity contribution in [1.29, 1.82) is 0 Å². The minimum absolute atomic E-state index is 0.264. The van der Waals surface area contributed by atoms with Gasteiger partial charge in [0.2, 0.25) is 5.82 Å². The molecule has 1 aromatic carbocycles. The molecule has 0 aliphatic carbocycles. The van der Waals surface area contributed by atoms with E-state index in [2.05, 4.69) is 5.10 Å². The van der Waals surface area contributed by atoms with Crippen molar-refractivity contribution >= 4 is 5.97 Å². The maximum Gasteiger partial charge on any atom is 0.338 e. The van der Waals surface area contributed by atoms with Gasteiger partial charge < -0.3 is 5.11 Å². The summed E-state index contributed by atoms with van der Waals surface area (Å²) in [6.45, 7) is 0. The molecular formula is C10H3F5N2O2. The highest BCUT2D eigenvalue weighted by molar-refractivity contribution is 5.86. The number of halogens is 5. The molecule has 0 bridgehead atoms. The number of rotatable bonds is 2. The summed E-state index contributed by atoms with van der Waals surface area (Å²) < 4.78 is 65.7. The van der Waals surface area contributed by atoms with Crippen molar-refractivity contribution in [1.82, 2.24) is 9.78 Å². The molecule has 2 rings (SSSR count). The molecule has 4 nitrogen and oxygen atoms in total. The van der Waals surface area contributed by atoms with E-state index in [4.69, 9.17) is 5.11 Å². The average Bonchev–Trinajstić information content (AvgIpc) is 2.84. The molecule has 0 atom stereocenters. The van der Waals surface area contributed by atoms with Crippen molar-refractivity contribution in [2.75, 3.05) is 0 Å². The van der Waals surface area contributed by atoms with E-state index in [1.165, 1.54) is 0 Å². The van der Waals surface area contributed by atoms with Gasteiger partial charge >= 0.3 is 5.97 Å². The van der Waals surface area contributed by atoms with Gasteiger partial charge in [-0.1, -0.05) is 0 Å². The normalized spacial score (nSPS) is 10.8. The molecule has 0 unspecified atom stereocenters. The van der Waals surface area contributed by atoms with Gasteiger partial charge in [0.25, 0.3) is 0 Å². The van der Waals surface area contributed by atoms with Gasteiger partial charge in [-0.3, -0.25) is 0 Å². The van der Waals surface area contributed by atoms with E-state index in [9.17, 15) is 26.7 Å². The van der Waals surface area contributed by atoms with E-state index in [0.29, 0.717) is 12.4 Å². The van der Waals surface area contributed by atoms with Crippen molar-refractivity contribution in [3.8, 4) is 5.69 Å². The Morgan fingerprint density at radius 2 is 1.47 bits per heavy atom. The summed E-state index contributed by atoms with van der Waals surface area (Å²) in [6.07, 6.45) is 1.33. The minimum Gasteiger partial charge on any atom is -0.478 e. The summed E-state index contributed by atoms with van der Waals surface area (Å²) in [5.41, 5.74) is -1.81. The molecule has 1 N–H and O–H groups in total. The monoisotopic (exact) mass is 278 g/mol. The lowest BCUT2D eigenvalue weighted by Gasteiger charge is -2.07.